The standard InChI is InChI=1S/C17H11Cl2N5/c18-13-2-1-3-14(19)16(13)23-15-8-9-21-17(24-15)22-12-6-4-11(10-20)5-7-12/h1-9H,(H2,21,22,23,24). The van der Waals surface area contributed by atoms with Crippen molar-refractivity contribution in [2.75, 3.05) is 10.6 Å². The van der Waals surface area contributed by atoms with Crippen molar-refractivity contribution in [1.82, 2.24) is 9.97 Å². The van der Waals surface area contributed by atoms with Gasteiger partial charge < -0.3 is 10.6 Å². The minimum atomic E-state index is 0.410. The first-order valence-corrected chi connectivity index (χ1v) is 7.72. The molecule has 0 radical (unpaired) electrons. The summed E-state index contributed by atoms with van der Waals surface area (Å²) in [6.45, 7) is 0. The molecule has 5 nitrogen and oxygen atoms in total. The molecular weight excluding hydrogens is 345 g/mol. The Kier molecular flexibility index (Phi) is 4.80. The molecule has 24 heavy (non-hydrogen) atoms. The molecule has 118 valence electrons. The lowest BCUT2D eigenvalue weighted by atomic mass is 10.2. The topological polar surface area (TPSA) is 73.6 Å². The van der Waals surface area contributed by atoms with Crippen molar-refractivity contribution in [2.45, 2.75) is 0 Å². The molecule has 0 amide bonds. The summed E-state index contributed by atoms with van der Waals surface area (Å²) in [4.78, 5) is 8.54. The molecule has 0 saturated carbocycles. The van der Waals surface area contributed by atoms with E-state index in [0.29, 0.717) is 33.1 Å². The molecule has 0 bridgehead atoms. The smallest absolute Gasteiger partial charge is 0.229 e. The van der Waals surface area contributed by atoms with E-state index in [1.165, 1.54) is 0 Å². The van der Waals surface area contributed by atoms with Gasteiger partial charge in [-0.15, -0.1) is 0 Å². The van der Waals surface area contributed by atoms with Gasteiger partial charge in [0.2, 0.25) is 5.95 Å². The van der Waals surface area contributed by atoms with Crippen LogP contribution in [0.15, 0.2) is 54.7 Å². The maximum Gasteiger partial charge on any atom is 0.229 e. The average molecular weight is 356 g/mol. The zero-order valence-corrected chi connectivity index (χ0v) is 13.8. The van der Waals surface area contributed by atoms with E-state index in [1.54, 1.807) is 54.7 Å². The van der Waals surface area contributed by atoms with Crippen LogP contribution in [0, 0.1) is 11.3 Å². The Labute approximate surface area is 148 Å². The first-order valence-electron chi connectivity index (χ1n) is 6.97. The molecule has 7 heteroatoms. The number of anilines is 4. The highest BCUT2D eigenvalue weighted by Crippen LogP contribution is 2.32. The van der Waals surface area contributed by atoms with Crippen molar-refractivity contribution in [2.24, 2.45) is 0 Å². The third-order valence-electron chi connectivity index (χ3n) is 3.14. The van der Waals surface area contributed by atoms with Crippen LogP contribution in [0.3, 0.4) is 0 Å². The van der Waals surface area contributed by atoms with Crippen LogP contribution in [0.5, 0.6) is 0 Å². The van der Waals surface area contributed by atoms with Crippen molar-refractivity contribution < 1.29 is 0 Å². The van der Waals surface area contributed by atoms with Gasteiger partial charge in [-0.3, -0.25) is 0 Å². The summed E-state index contributed by atoms with van der Waals surface area (Å²) < 4.78 is 0. The molecule has 1 aromatic heterocycles. The molecule has 0 atom stereocenters. The Bertz CT molecular complexity index is 883. The number of halogens is 2. The molecule has 0 saturated heterocycles. The third kappa shape index (κ3) is 3.74. The zero-order chi connectivity index (χ0) is 16.9. The van der Waals surface area contributed by atoms with E-state index in [9.17, 15) is 0 Å². The Balaban J connectivity index is 1.80. The van der Waals surface area contributed by atoms with Crippen molar-refractivity contribution in [3.8, 4) is 6.07 Å². The highest BCUT2D eigenvalue weighted by Gasteiger charge is 2.07. The van der Waals surface area contributed by atoms with Gasteiger partial charge in [0.1, 0.15) is 5.82 Å². The Morgan fingerprint density at radius 1 is 0.917 bits per heavy atom. The van der Waals surface area contributed by atoms with E-state index in [0.717, 1.165) is 5.69 Å². The largest absolute Gasteiger partial charge is 0.338 e. The lowest BCUT2D eigenvalue weighted by Crippen LogP contribution is -2.01. The van der Waals surface area contributed by atoms with Crippen LogP contribution in [-0.2, 0) is 0 Å². The van der Waals surface area contributed by atoms with E-state index in [-0.39, 0.29) is 0 Å². The fourth-order valence-electron chi connectivity index (χ4n) is 1.99. The summed E-state index contributed by atoms with van der Waals surface area (Å²) in [5.74, 6) is 0.962. The van der Waals surface area contributed by atoms with Crippen molar-refractivity contribution >= 4 is 46.3 Å². The van der Waals surface area contributed by atoms with Gasteiger partial charge in [-0.05, 0) is 42.5 Å². The van der Waals surface area contributed by atoms with E-state index in [4.69, 9.17) is 28.5 Å². The van der Waals surface area contributed by atoms with Gasteiger partial charge in [-0.2, -0.15) is 10.2 Å². The van der Waals surface area contributed by atoms with E-state index in [1.807, 2.05) is 0 Å². The van der Waals surface area contributed by atoms with Crippen LogP contribution in [0.1, 0.15) is 5.56 Å². The number of nitriles is 1. The Morgan fingerprint density at radius 2 is 1.62 bits per heavy atom. The maximum atomic E-state index is 8.81. The summed E-state index contributed by atoms with van der Waals surface area (Å²) >= 11 is 12.3. The van der Waals surface area contributed by atoms with Gasteiger partial charge in [0, 0.05) is 11.9 Å². The quantitative estimate of drug-likeness (QED) is 0.677. The summed E-state index contributed by atoms with van der Waals surface area (Å²) in [6, 6.07) is 16.0. The van der Waals surface area contributed by atoms with Crippen molar-refractivity contribution in [3.63, 3.8) is 0 Å². The predicted molar refractivity (Wildman–Crippen MR) is 96.2 cm³/mol. The zero-order valence-electron chi connectivity index (χ0n) is 12.3. The number of para-hydroxylation sites is 1. The number of benzene rings is 2. The van der Waals surface area contributed by atoms with Crippen LogP contribution in [-0.4, -0.2) is 9.97 Å². The number of aromatic nitrogens is 2. The van der Waals surface area contributed by atoms with Gasteiger partial charge in [0.25, 0.3) is 0 Å². The first kappa shape index (κ1) is 16.1. The van der Waals surface area contributed by atoms with Gasteiger partial charge in [-0.25, -0.2) is 4.98 Å². The number of rotatable bonds is 4. The molecule has 0 aliphatic rings. The first-order chi connectivity index (χ1) is 11.7. The monoisotopic (exact) mass is 355 g/mol. The molecule has 0 fully saturated rings. The Morgan fingerprint density at radius 3 is 2.29 bits per heavy atom. The van der Waals surface area contributed by atoms with Gasteiger partial charge in [0.05, 0.1) is 27.4 Å². The lowest BCUT2D eigenvalue weighted by Gasteiger charge is -2.11. The molecule has 2 N–H and O–H groups in total. The Hall–Kier alpha value is -2.81. The van der Waals surface area contributed by atoms with Crippen molar-refractivity contribution in [1.29, 1.82) is 5.26 Å². The minimum Gasteiger partial charge on any atom is -0.338 e. The van der Waals surface area contributed by atoms with E-state index >= 15 is 0 Å². The summed E-state index contributed by atoms with van der Waals surface area (Å²) in [5.41, 5.74) is 1.95. The predicted octanol–water partition coefficient (Wildman–Crippen LogP) is 5.14. The molecule has 3 rings (SSSR count). The van der Waals surface area contributed by atoms with Crippen LogP contribution in [0.4, 0.5) is 23.1 Å². The second-order valence-corrected chi connectivity index (χ2v) is 5.62. The highest BCUT2D eigenvalue weighted by atomic mass is 35.5. The van der Waals surface area contributed by atoms with Gasteiger partial charge >= 0.3 is 0 Å². The summed E-state index contributed by atoms with van der Waals surface area (Å²) in [5, 5.41) is 16.0. The number of hydrogen-bond acceptors (Lipinski definition) is 5. The number of hydrogen-bond donors (Lipinski definition) is 2. The molecule has 2 aromatic carbocycles. The number of nitrogens with zero attached hydrogens (tertiary/aromatic N) is 3. The molecule has 0 aliphatic heterocycles. The lowest BCUT2D eigenvalue weighted by molar-refractivity contribution is 1.17. The fourth-order valence-corrected chi connectivity index (χ4v) is 2.48. The fraction of sp³-hybridized carbons (Fsp3) is 0. The van der Waals surface area contributed by atoms with E-state index < -0.39 is 0 Å². The summed E-state index contributed by atoms with van der Waals surface area (Å²) in [7, 11) is 0. The molecule has 0 unspecified atom stereocenters. The maximum absolute atomic E-state index is 8.81. The molecule has 0 spiro atoms. The average Bonchev–Trinajstić information content (AvgIpc) is 2.59. The second-order valence-electron chi connectivity index (χ2n) is 4.80. The van der Waals surface area contributed by atoms with Crippen LogP contribution in [0.2, 0.25) is 10.0 Å². The van der Waals surface area contributed by atoms with Crippen LogP contribution >= 0.6 is 23.2 Å². The van der Waals surface area contributed by atoms with Crippen LogP contribution < -0.4 is 10.6 Å². The SMILES string of the molecule is N#Cc1ccc(Nc2nccc(Nc3c(Cl)cccc3Cl)n2)cc1. The van der Waals surface area contributed by atoms with Gasteiger partial charge in [0.15, 0.2) is 0 Å². The molecule has 3 aromatic rings. The minimum absolute atomic E-state index is 0.410. The third-order valence-corrected chi connectivity index (χ3v) is 3.77. The molecule has 1 heterocycles. The normalized spacial score (nSPS) is 10.0. The second kappa shape index (κ2) is 7.18. The van der Waals surface area contributed by atoms with Crippen LogP contribution in [0.25, 0.3) is 0 Å². The number of nitrogens with one attached hydrogen (secondary N) is 2. The van der Waals surface area contributed by atoms with Crippen molar-refractivity contribution in [3.05, 3.63) is 70.3 Å². The summed E-state index contributed by atoms with van der Waals surface area (Å²) in [6.07, 6.45) is 1.62. The molecule has 0 aliphatic carbocycles. The van der Waals surface area contributed by atoms with E-state index in [2.05, 4.69) is 26.7 Å². The highest BCUT2D eigenvalue weighted by molar-refractivity contribution is 6.39. The molecular formula is C17H11Cl2N5. The van der Waals surface area contributed by atoms with Gasteiger partial charge in [-0.1, -0.05) is 29.3 Å².